The average molecular weight is 204 g/mol. The van der Waals surface area contributed by atoms with Crippen molar-refractivity contribution in [3.63, 3.8) is 0 Å². The molecule has 0 fully saturated rings. The number of nitroso groups, excluding NO2 is 1. The normalized spacial score (nSPS) is 12.7. The maximum atomic E-state index is 11.5. The fourth-order valence-corrected chi connectivity index (χ4v) is 2.05. The Hall–Kier alpha value is -0.580. The molecule has 1 atom stereocenters. The molecule has 0 spiro atoms. The van der Waals surface area contributed by atoms with E-state index in [1.54, 1.807) is 18.8 Å². The van der Waals surface area contributed by atoms with E-state index in [0.717, 1.165) is 0 Å². The first kappa shape index (κ1) is 12.4. The summed E-state index contributed by atoms with van der Waals surface area (Å²) in [5, 5.41) is 2.97. The number of hydrogen-bond donors (Lipinski definition) is 0. The summed E-state index contributed by atoms with van der Waals surface area (Å²) >= 11 is 1.58. The fourth-order valence-electron chi connectivity index (χ4n) is 0.933. The van der Waals surface area contributed by atoms with E-state index in [2.05, 4.69) is 5.18 Å². The number of thioether (sulfide) groups is 1. The number of hydrogen-bond acceptors (Lipinski definition) is 4. The van der Waals surface area contributed by atoms with Crippen LogP contribution >= 0.6 is 11.8 Å². The van der Waals surface area contributed by atoms with E-state index in [9.17, 15) is 9.70 Å². The van der Waals surface area contributed by atoms with Gasteiger partial charge in [-0.15, -0.1) is 16.7 Å². The lowest BCUT2D eigenvalue weighted by atomic mass is 10.4. The molecular formula is C8H16N2O2S. The Morgan fingerprint density at radius 1 is 1.46 bits per heavy atom. The molecule has 0 aliphatic heterocycles. The van der Waals surface area contributed by atoms with Gasteiger partial charge in [-0.1, -0.05) is 13.8 Å². The highest BCUT2D eigenvalue weighted by Crippen LogP contribution is 2.18. The maximum Gasteiger partial charge on any atom is 0.236 e. The summed E-state index contributed by atoms with van der Waals surface area (Å²) in [4.78, 5) is 22.7. The first-order valence-corrected chi connectivity index (χ1v) is 5.12. The molecule has 0 saturated carbocycles. The van der Waals surface area contributed by atoms with Crippen LogP contribution < -0.4 is 0 Å². The second-order valence-corrected chi connectivity index (χ2v) is 5.06. The van der Waals surface area contributed by atoms with Crippen LogP contribution in [0.15, 0.2) is 5.18 Å². The van der Waals surface area contributed by atoms with E-state index in [1.165, 1.54) is 4.90 Å². The Balaban J connectivity index is 4.00. The predicted molar refractivity (Wildman–Crippen MR) is 55.6 cm³/mol. The third-order valence-electron chi connectivity index (χ3n) is 1.47. The molecule has 5 heteroatoms. The molecule has 0 aromatic rings. The quantitative estimate of drug-likeness (QED) is 0.640. The molecule has 0 radical (unpaired) electrons. The molecule has 1 amide bonds. The van der Waals surface area contributed by atoms with Crippen molar-refractivity contribution >= 4 is 17.7 Å². The minimum absolute atomic E-state index is 0.0432. The molecule has 4 nitrogen and oxygen atoms in total. The average Bonchev–Trinajstić information content (AvgIpc) is 2.02. The Kier molecular flexibility index (Phi) is 5.70. The van der Waals surface area contributed by atoms with Crippen LogP contribution in [0.2, 0.25) is 0 Å². The van der Waals surface area contributed by atoms with Gasteiger partial charge in [-0.05, 0) is 17.4 Å². The van der Waals surface area contributed by atoms with Crippen molar-refractivity contribution in [3.05, 3.63) is 4.91 Å². The summed E-state index contributed by atoms with van der Waals surface area (Å²) in [6, 6.07) is 0. The van der Waals surface area contributed by atoms with E-state index in [-0.39, 0.29) is 17.8 Å². The van der Waals surface area contributed by atoms with Gasteiger partial charge in [0.1, 0.15) is 0 Å². The van der Waals surface area contributed by atoms with Gasteiger partial charge in [-0.2, -0.15) is 0 Å². The first-order valence-electron chi connectivity index (χ1n) is 4.18. The maximum absolute atomic E-state index is 11.5. The standard InChI is InChI=1S/C8H16N2O2S/c1-6(2)13-7(3)8(11)10(4)5-9-12/h6-7H,5H2,1-4H3. The smallest absolute Gasteiger partial charge is 0.236 e. The van der Waals surface area contributed by atoms with Crippen LogP contribution in [-0.2, 0) is 4.79 Å². The first-order chi connectivity index (χ1) is 5.99. The minimum Gasteiger partial charge on any atom is -0.322 e. The van der Waals surface area contributed by atoms with Crippen LogP contribution in [0, 0.1) is 4.91 Å². The highest BCUT2D eigenvalue weighted by Gasteiger charge is 2.18. The van der Waals surface area contributed by atoms with Crippen molar-refractivity contribution in [2.75, 3.05) is 13.7 Å². The van der Waals surface area contributed by atoms with Crippen LogP contribution in [0.5, 0.6) is 0 Å². The minimum atomic E-state index is -0.105. The molecule has 0 heterocycles. The summed E-state index contributed by atoms with van der Waals surface area (Å²) < 4.78 is 0. The topological polar surface area (TPSA) is 49.7 Å². The summed E-state index contributed by atoms with van der Waals surface area (Å²) in [5.74, 6) is -0.0432. The van der Waals surface area contributed by atoms with Crippen molar-refractivity contribution in [2.24, 2.45) is 5.18 Å². The number of carbonyl (C=O) groups excluding carboxylic acids is 1. The van der Waals surface area contributed by atoms with Crippen LogP contribution in [-0.4, -0.2) is 35.0 Å². The van der Waals surface area contributed by atoms with Gasteiger partial charge < -0.3 is 4.90 Å². The molecule has 0 aromatic carbocycles. The SMILES string of the molecule is CC(C)SC(C)C(=O)N(C)CN=O. The number of carbonyl (C=O) groups is 1. The summed E-state index contributed by atoms with van der Waals surface area (Å²) in [5.41, 5.74) is 0. The lowest BCUT2D eigenvalue weighted by Gasteiger charge is -2.19. The highest BCUT2D eigenvalue weighted by molar-refractivity contribution is 8.01. The van der Waals surface area contributed by atoms with Crippen molar-refractivity contribution in [2.45, 2.75) is 31.3 Å². The Labute approximate surface area is 83.0 Å². The largest absolute Gasteiger partial charge is 0.322 e. The van der Waals surface area contributed by atoms with Crippen LogP contribution in [0.3, 0.4) is 0 Å². The molecular weight excluding hydrogens is 188 g/mol. The monoisotopic (exact) mass is 204 g/mol. The van der Waals surface area contributed by atoms with Gasteiger partial charge in [0.2, 0.25) is 5.91 Å². The Morgan fingerprint density at radius 3 is 2.38 bits per heavy atom. The molecule has 13 heavy (non-hydrogen) atoms. The van der Waals surface area contributed by atoms with E-state index >= 15 is 0 Å². The zero-order valence-electron chi connectivity index (χ0n) is 8.48. The van der Waals surface area contributed by atoms with Gasteiger partial charge in [0.25, 0.3) is 0 Å². The van der Waals surface area contributed by atoms with Crippen LogP contribution in [0.25, 0.3) is 0 Å². The van der Waals surface area contributed by atoms with E-state index in [1.807, 2.05) is 20.8 Å². The third kappa shape index (κ3) is 4.87. The molecule has 0 aromatic heterocycles. The van der Waals surface area contributed by atoms with Gasteiger partial charge in [-0.3, -0.25) is 4.79 Å². The third-order valence-corrected chi connectivity index (χ3v) is 2.62. The second kappa shape index (κ2) is 5.96. The zero-order valence-corrected chi connectivity index (χ0v) is 9.30. The lowest BCUT2D eigenvalue weighted by molar-refractivity contribution is -0.128. The van der Waals surface area contributed by atoms with Crippen molar-refractivity contribution in [1.82, 2.24) is 4.90 Å². The van der Waals surface area contributed by atoms with Crippen molar-refractivity contribution in [1.29, 1.82) is 0 Å². The van der Waals surface area contributed by atoms with Crippen LogP contribution in [0.1, 0.15) is 20.8 Å². The van der Waals surface area contributed by atoms with Gasteiger partial charge in [-0.25, -0.2) is 0 Å². The summed E-state index contributed by atoms with van der Waals surface area (Å²) in [7, 11) is 1.58. The number of rotatable bonds is 5. The molecule has 0 aliphatic carbocycles. The summed E-state index contributed by atoms with van der Waals surface area (Å²) in [6.45, 7) is 5.84. The second-order valence-electron chi connectivity index (χ2n) is 3.13. The Morgan fingerprint density at radius 2 is 2.00 bits per heavy atom. The molecule has 0 N–H and O–H groups in total. The van der Waals surface area contributed by atoms with E-state index < -0.39 is 0 Å². The highest BCUT2D eigenvalue weighted by atomic mass is 32.2. The van der Waals surface area contributed by atoms with E-state index in [0.29, 0.717) is 5.25 Å². The predicted octanol–water partition coefficient (Wildman–Crippen LogP) is 1.70. The molecule has 0 aliphatic rings. The van der Waals surface area contributed by atoms with Gasteiger partial charge >= 0.3 is 0 Å². The Bertz CT molecular complexity index is 185. The summed E-state index contributed by atoms with van der Waals surface area (Å²) in [6.07, 6.45) is 0. The van der Waals surface area contributed by atoms with Gasteiger partial charge in [0, 0.05) is 7.05 Å². The number of amides is 1. The molecule has 0 rings (SSSR count). The van der Waals surface area contributed by atoms with Crippen LogP contribution in [0.4, 0.5) is 0 Å². The zero-order chi connectivity index (χ0) is 10.4. The van der Waals surface area contributed by atoms with Gasteiger partial charge in [0.05, 0.1) is 5.25 Å². The fraction of sp³-hybridized carbons (Fsp3) is 0.875. The van der Waals surface area contributed by atoms with Crippen molar-refractivity contribution < 1.29 is 4.79 Å². The van der Waals surface area contributed by atoms with E-state index in [4.69, 9.17) is 0 Å². The molecule has 0 saturated heterocycles. The number of nitrogens with zero attached hydrogens (tertiary/aromatic N) is 2. The van der Waals surface area contributed by atoms with Gasteiger partial charge in [0.15, 0.2) is 6.67 Å². The lowest BCUT2D eigenvalue weighted by Crippen LogP contribution is -2.33. The van der Waals surface area contributed by atoms with Crippen molar-refractivity contribution in [3.8, 4) is 0 Å². The molecule has 76 valence electrons. The molecule has 0 bridgehead atoms. The molecule has 1 unspecified atom stereocenters.